The third-order valence-corrected chi connectivity index (χ3v) is 5.23. The largest absolute Gasteiger partial charge is 0.459 e. The van der Waals surface area contributed by atoms with Crippen LogP contribution in [0.4, 0.5) is 10.8 Å². The number of hydrogen-bond acceptors (Lipinski definition) is 5. The van der Waals surface area contributed by atoms with Crippen molar-refractivity contribution in [3.8, 4) is 0 Å². The molecule has 0 atom stereocenters. The van der Waals surface area contributed by atoms with Gasteiger partial charge in [-0.25, -0.2) is 4.98 Å². The zero-order valence-corrected chi connectivity index (χ0v) is 16.2. The van der Waals surface area contributed by atoms with E-state index in [4.69, 9.17) is 16.0 Å². The van der Waals surface area contributed by atoms with Crippen molar-refractivity contribution in [2.45, 2.75) is 6.92 Å². The zero-order chi connectivity index (χ0) is 19.7. The molecule has 4 aromatic rings. The standard InChI is InChI=1S/C20H14ClN3O3S/c1-11-4-5-12(9-15(11)22-19(26)16-3-2-8-27-16)18(25)24-20-23-14-7-6-13(21)10-17(14)28-20/h2-10H,1H3,(H,22,26)(H,23,24,25). The summed E-state index contributed by atoms with van der Waals surface area (Å²) in [5.41, 5.74) is 2.52. The van der Waals surface area contributed by atoms with Crippen LogP contribution in [0.2, 0.25) is 5.02 Å². The van der Waals surface area contributed by atoms with Crippen molar-refractivity contribution in [2.75, 3.05) is 10.6 Å². The number of aryl methyl sites for hydroxylation is 1. The highest BCUT2D eigenvalue weighted by molar-refractivity contribution is 7.22. The van der Waals surface area contributed by atoms with Crippen molar-refractivity contribution in [3.63, 3.8) is 0 Å². The Kier molecular flexibility index (Phi) is 4.85. The van der Waals surface area contributed by atoms with E-state index in [9.17, 15) is 9.59 Å². The maximum atomic E-state index is 12.6. The Morgan fingerprint density at radius 2 is 1.93 bits per heavy atom. The Morgan fingerprint density at radius 1 is 1.07 bits per heavy atom. The Morgan fingerprint density at radius 3 is 2.71 bits per heavy atom. The summed E-state index contributed by atoms with van der Waals surface area (Å²) in [6.45, 7) is 1.84. The number of benzene rings is 2. The number of furan rings is 1. The average molecular weight is 412 g/mol. The summed E-state index contributed by atoms with van der Waals surface area (Å²) in [4.78, 5) is 29.2. The molecule has 0 saturated heterocycles. The van der Waals surface area contributed by atoms with Gasteiger partial charge in [0.1, 0.15) is 0 Å². The summed E-state index contributed by atoms with van der Waals surface area (Å²) in [6.07, 6.45) is 1.43. The third kappa shape index (κ3) is 3.76. The lowest BCUT2D eigenvalue weighted by atomic mass is 10.1. The van der Waals surface area contributed by atoms with Gasteiger partial charge in [0.05, 0.1) is 16.5 Å². The first-order chi connectivity index (χ1) is 13.5. The zero-order valence-electron chi connectivity index (χ0n) is 14.7. The molecular formula is C20H14ClN3O3S. The first kappa shape index (κ1) is 18.2. The van der Waals surface area contributed by atoms with Gasteiger partial charge in [0.15, 0.2) is 10.9 Å². The number of hydrogen-bond donors (Lipinski definition) is 2. The average Bonchev–Trinajstić information content (AvgIpc) is 3.32. The van der Waals surface area contributed by atoms with Crippen LogP contribution in [0.15, 0.2) is 59.2 Å². The van der Waals surface area contributed by atoms with Crippen molar-refractivity contribution in [3.05, 3.63) is 76.7 Å². The van der Waals surface area contributed by atoms with Gasteiger partial charge in [0, 0.05) is 16.3 Å². The van der Waals surface area contributed by atoms with Crippen LogP contribution in [0.5, 0.6) is 0 Å². The predicted molar refractivity (Wildman–Crippen MR) is 110 cm³/mol. The number of aromatic nitrogens is 1. The van der Waals surface area contributed by atoms with E-state index >= 15 is 0 Å². The molecule has 0 saturated carbocycles. The molecule has 2 aromatic carbocycles. The minimum Gasteiger partial charge on any atom is -0.459 e. The lowest BCUT2D eigenvalue weighted by Gasteiger charge is -2.09. The SMILES string of the molecule is Cc1ccc(C(=O)Nc2nc3ccc(Cl)cc3s2)cc1NC(=O)c1ccco1. The summed E-state index contributed by atoms with van der Waals surface area (Å²) in [6, 6.07) is 13.6. The Labute approximate surface area is 169 Å². The van der Waals surface area contributed by atoms with Crippen LogP contribution in [0.25, 0.3) is 10.2 Å². The number of carbonyl (C=O) groups excluding carboxylic acids is 2. The fraction of sp³-hybridized carbons (Fsp3) is 0.0500. The number of nitrogens with one attached hydrogen (secondary N) is 2. The molecule has 2 amide bonds. The molecule has 0 unspecified atom stereocenters. The van der Waals surface area contributed by atoms with Gasteiger partial charge in [-0.3, -0.25) is 14.9 Å². The van der Waals surface area contributed by atoms with Gasteiger partial charge in [-0.1, -0.05) is 29.0 Å². The number of rotatable bonds is 4. The van der Waals surface area contributed by atoms with Crippen molar-refractivity contribution < 1.29 is 14.0 Å². The van der Waals surface area contributed by atoms with Crippen molar-refractivity contribution in [1.82, 2.24) is 4.98 Å². The second-order valence-corrected chi connectivity index (χ2v) is 7.51. The van der Waals surface area contributed by atoms with Crippen molar-refractivity contribution in [1.29, 1.82) is 0 Å². The van der Waals surface area contributed by atoms with Crippen LogP contribution < -0.4 is 10.6 Å². The summed E-state index contributed by atoms with van der Waals surface area (Å²) in [5, 5.41) is 6.64. The molecule has 2 N–H and O–H groups in total. The fourth-order valence-electron chi connectivity index (χ4n) is 2.61. The minimum absolute atomic E-state index is 0.197. The molecule has 2 heterocycles. The van der Waals surface area contributed by atoms with Crippen molar-refractivity contribution in [2.24, 2.45) is 0 Å². The summed E-state index contributed by atoms with van der Waals surface area (Å²) < 4.78 is 5.98. The first-order valence-corrected chi connectivity index (χ1v) is 9.52. The molecule has 2 aromatic heterocycles. The molecule has 0 bridgehead atoms. The number of halogens is 1. The molecule has 0 radical (unpaired) electrons. The molecule has 0 aliphatic heterocycles. The first-order valence-electron chi connectivity index (χ1n) is 8.32. The number of thiazole rings is 1. The van der Waals surface area contributed by atoms with Gasteiger partial charge < -0.3 is 9.73 Å². The summed E-state index contributed by atoms with van der Waals surface area (Å²) >= 11 is 7.33. The predicted octanol–water partition coefficient (Wildman–Crippen LogP) is 5.36. The Balaban J connectivity index is 1.54. The number of fused-ring (bicyclic) bond motifs is 1. The van der Waals surface area contributed by atoms with Gasteiger partial charge in [0.25, 0.3) is 11.8 Å². The quantitative estimate of drug-likeness (QED) is 0.473. The molecular weight excluding hydrogens is 398 g/mol. The van der Waals surface area contributed by atoms with Crippen LogP contribution in [0, 0.1) is 6.92 Å². The monoisotopic (exact) mass is 411 g/mol. The molecule has 140 valence electrons. The number of carbonyl (C=O) groups is 2. The van der Waals surface area contributed by atoms with E-state index in [0.717, 1.165) is 15.8 Å². The fourth-order valence-corrected chi connectivity index (χ4v) is 3.75. The molecule has 28 heavy (non-hydrogen) atoms. The summed E-state index contributed by atoms with van der Waals surface area (Å²) in [5.74, 6) is -0.505. The number of amides is 2. The normalized spacial score (nSPS) is 10.8. The van der Waals surface area contributed by atoms with E-state index in [1.807, 2.05) is 6.92 Å². The van der Waals surface area contributed by atoms with E-state index in [1.54, 1.807) is 48.5 Å². The maximum Gasteiger partial charge on any atom is 0.291 e. The Bertz CT molecular complexity index is 1180. The van der Waals surface area contributed by atoms with E-state index in [-0.39, 0.29) is 17.6 Å². The molecule has 4 rings (SSSR count). The lowest BCUT2D eigenvalue weighted by Crippen LogP contribution is -2.15. The van der Waals surface area contributed by atoms with Crippen LogP contribution in [0.1, 0.15) is 26.5 Å². The highest BCUT2D eigenvalue weighted by atomic mass is 35.5. The second-order valence-electron chi connectivity index (χ2n) is 6.05. The number of anilines is 2. The molecule has 8 heteroatoms. The van der Waals surface area contributed by atoms with E-state index in [0.29, 0.717) is 21.4 Å². The van der Waals surface area contributed by atoms with Crippen LogP contribution in [0.3, 0.4) is 0 Å². The van der Waals surface area contributed by atoms with E-state index < -0.39 is 0 Å². The third-order valence-electron chi connectivity index (χ3n) is 4.06. The highest BCUT2D eigenvalue weighted by Gasteiger charge is 2.14. The van der Waals surface area contributed by atoms with Gasteiger partial charge in [-0.05, 0) is 55.0 Å². The van der Waals surface area contributed by atoms with Crippen molar-refractivity contribution >= 4 is 55.8 Å². The molecule has 0 spiro atoms. The Hall–Kier alpha value is -3.16. The maximum absolute atomic E-state index is 12.6. The van der Waals surface area contributed by atoms with Gasteiger partial charge in [-0.2, -0.15) is 0 Å². The molecule has 0 fully saturated rings. The summed E-state index contributed by atoms with van der Waals surface area (Å²) in [7, 11) is 0. The van der Waals surface area contributed by atoms with Crippen LogP contribution >= 0.6 is 22.9 Å². The molecule has 0 aliphatic carbocycles. The molecule has 6 nitrogen and oxygen atoms in total. The van der Waals surface area contributed by atoms with Gasteiger partial charge in [0.2, 0.25) is 0 Å². The number of nitrogens with zero attached hydrogens (tertiary/aromatic N) is 1. The highest BCUT2D eigenvalue weighted by Crippen LogP contribution is 2.29. The smallest absolute Gasteiger partial charge is 0.291 e. The van der Waals surface area contributed by atoms with E-state index in [1.165, 1.54) is 17.6 Å². The van der Waals surface area contributed by atoms with Gasteiger partial charge >= 0.3 is 0 Å². The molecule has 0 aliphatic rings. The lowest BCUT2D eigenvalue weighted by molar-refractivity contribution is 0.0993. The van der Waals surface area contributed by atoms with Crippen LogP contribution in [-0.2, 0) is 0 Å². The topological polar surface area (TPSA) is 84.2 Å². The minimum atomic E-state index is -0.381. The van der Waals surface area contributed by atoms with E-state index in [2.05, 4.69) is 15.6 Å². The van der Waals surface area contributed by atoms with Gasteiger partial charge in [-0.15, -0.1) is 0 Å². The van der Waals surface area contributed by atoms with Crippen LogP contribution in [-0.4, -0.2) is 16.8 Å². The second kappa shape index (κ2) is 7.46.